The Morgan fingerprint density at radius 2 is 2.06 bits per heavy atom. The van der Waals surface area contributed by atoms with Crippen LogP contribution in [0.4, 0.5) is 14.5 Å². The largest absolute Gasteiger partial charge is 0.435 e. The quantitative estimate of drug-likeness (QED) is 0.790. The summed E-state index contributed by atoms with van der Waals surface area (Å²) in [6.07, 6.45) is 0. The predicted molar refractivity (Wildman–Crippen MR) is 68.9 cm³/mol. The fraction of sp³-hybridized carbons (Fsp3) is 0.538. The van der Waals surface area contributed by atoms with E-state index in [2.05, 4.69) is 23.9 Å². The molecule has 1 rings (SSSR count). The van der Waals surface area contributed by atoms with Crippen LogP contribution in [0, 0.1) is 11.8 Å². The lowest BCUT2D eigenvalue weighted by Crippen LogP contribution is -2.27. The second-order valence-corrected chi connectivity index (χ2v) is 4.53. The van der Waals surface area contributed by atoms with Crippen molar-refractivity contribution in [3.8, 4) is 5.75 Å². The molecule has 1 unspecified atom stereocenters. The molecule has 1 aromatic carbocycles. The van der Waals surface area contributed by atoms with Crippen LogP contribution in [0.1, 0.15) is 13.8 Å². The van der Waals surface area contributed by atoms with E-state index >= 15 is 0 Å². The number of nitrogens with one attached hydrogen (secondary N) is 1. The lowest BCUT2D eigenvalue weighted by atomic mass is 9.96. The fourth-order valence-corrected chi connectivity index (χ4v) is 1.62. The number of benzene rings is 1. The molecule has 0 amide bonds. The van der Waals surface area contributed by atoms with Gasteiger partial charge < -0.3 is 15.8 Å². The van der Waals surface area contributed by atoms with Gasteiger partial charge in [-0.25, -0.2) is 0 Å². The summed E-state index contributed by atoms with van der Waals surface area (Å²) >= 11 is 0. The molecule has 0 aliphatic carbocycles. The van der Waals surface area contributed by atoms with Crippen LogP contribution in [0.3, 0.4) is 0 Å². The highest BCUT2D eigenvalue weighted by Crippen LogP contribution is 2.20. The van der Waals surface area contributed by atoms with Crippen molar-refractivity contribution >= 4 is 5.69 Å². The molecule has 0 aliphatic heterocycles. The number of alkyl halides is 2. The van der Waals surface area contributed by atoms with Crippen LogP contribution in [0.2, 0.25) is 0 Å². The Morgan fingerprint density at radius 1 is 1.33 bits per heavy atom. The molecule has 0 radical (unpaired) electrons. The molecule has 0 aromatic heterocycles. The molecule has 1 aromatic rings. The van der Waals surface area contributed by atoms with Crippen LogP contribution >= 0.6 is 0 Å². The molecule has 0 heterocycles. The van der Waals surface area contributed by atoms with E-state index < -0.39 is 6.61 Å². The van der Waals surface area contributed by atoms with Gasteiger partial charge in [0, 0.05) is 18.3 Å². The first-order valence-electron chi connectivity index (χ1n) is 6.01. The number of nitrogens with two attached hydrogens (primary N) is 1. The molecular weight excluding hydrogens is 238 g/mol. The van der Waals surface area contributed by atoms with Crippen LogP contribution < -0.4 is 15.8 Å². The third kappa shape index (κ3) is 4.87. The molecule has 0 saturated carbocycles. The Kier molecular flexibility index (Phi) is 5.85. The third-order valence-electron chi connectivity index (χ3n) is 2.87. The van der Waals surface area contributed by atoms with Gasteiger partial charge in [0.15, 0.2) is 0 Å². The van der Waals surface area contributed by atoms with Crippen molar-refractivity contribution in [1.29, 1.82) is 0 Å². The van der Waals surface area contributed by atoms with E-state index in [1.807, 2.05) is 6.07 Å². The fourth-order valence-electron chi connectivity index (χ4n) is 1.62. The average molecular weight is 258 g/mol. The van der Waals surface area contributed by atoms with Gasteiger partial charge in [0.05, 0.1) is 0 Å². The van der Waals surface area contributed by atoms with Gasteiger partial charge in [0.25, 0.3) is 0 Å². The van der Waals surface area contributed by atoms with Gasteiger partial charge in [-0.3, -0.25) is 0 Å². The Labute approximate surface area is 106 Å². The van der Waals surface area contributed by atoms with E-state index in [1.165, 1.54) is 6.07 Å². The molecule has 0 saturated heterocycles. The van der Waals surface area contributed by atoms with Crippen molar-refractivity contribution in [2.24, 2.45) is 17.6 Å². The van der Waals surface area contributed by atoms with Crippen LogP contribution in [0.25, 0.3) is 0 Å². The maximum absolute atomic E-state index is 12.1. The number of anilines is 1. The van der Waals surface area contributed by atoms with E-state index in [-0.39, 0.29) is 5.75 Å². The van der Waals surface area contributed by atoms with Crippen molar-refractivity contribution in [2.45, 2.75) is 20.5 Å². The molecule has 3 N–H and O–H groups in total. The summed E-state index contributed by atoms with van der Waals surface area (Å²) in [5, 5.41) is 3.19. The summed E-state index contributed by atoms with van der Waals surface area (Å²) in [6, 6.07) is 6.54. The summed E-state index contributed by atoms with van der Waals surface area (Å²) in [6.45, 7) is 2.72. The zero-order valence-electron chi connectivity index (χ0n) is 10.7. The monoisotopic (exact) mass is 258 g/mol. The van der Waals surface area contributed by atoms with E-state index in [1.54, 1.807) is 12.1 Å². The van der Waals surface area contributed by atoms with Crippen molar-refractivity contribution in [3.05, 3.63) is 24.3 Å². The summed E-state index contributed by atoms with van der Waals surface area (Å²) in [5.74, 6) is 0.983. The zero-order valence-corrected chi connectivity index (χ0v) is 10.7. The van der Waals surface area contributed by atoms with Gasteiger partial charge in [-0.1, -0.05) is 19.9 Å². The van der Waals surface area contributed by atoms with E-state index in [9.17, 15) is 8.78 Å². The molecule has 102 valence electrons. The zero-order chi connectivity index (χ0) is 13.5. The third-order valence-corrected chi connectivity index (χ3v) is 2.87. The molecule has 0 bridgehead atoms. The highest BCUT2D eigenvalue weighted by atomic mass is 19.3. The first-order chi connectivity index (χ1) is 8.52. The minimum atomic E-state index is -2.80. The number of halogens is 2. The average Bonchev–Trinajstić information content (AvgIpc) is 2.29. The van der Waals surface area contributed by atoms with Crippen LogP contribution in [0.5, 0.6) is 5.75 Å². The summed E-state index contributed by atoms with van der Waals surface area (Å²) in [7, 11) is 0. The Bertz CT molecular complexity index is 359. The van der Waals surface area contributed by atoms with Crippen LogP contribution in [0.15, 0.2) is 24.3 Å². The first kappa shape index (κ1) is 14.7. The molecule has 0 aliphatic rings. The maximum atomic E-state index is 12.1. The topological polar surface area (TPSA) is 47.3 Å². The second kappa shape index (κ2) is 7.16. The maximum Gasteiger partial charge on any atom is 0.387 e. The van der Waals surface area contributed by atoms with Crippen LogP contribution in [-0.2, 0) is 0 Å². The van der Waals surface area contributed by atoms with Gasteiger partial charge in [-0.2, -0.15) is 8.78 Å². The van der Waals surface area contributed by atoms with Gasteiger partial charge in [-0.05, 0) is 30.5 Å². The summed E-state index contributed by atoms with van der Waals surface area (Å²) < 4.78 is 28.5. The summed E-state index contributed by atoms with van der Waals surface area (Å²) in [4.78, 5) is 0. The number of hydrogen-bond acceptors (Lipinski definition) is 3. The van der Waals surface area contributed by atoms with E-state index in [0.29, 0.717) is 24.9 Å². The number of ether oxygens (including phenoxy) is 1. The van der Waals surface area contributed by atoms with Crippen LogP contribution in [-0.4, -0.2) is 19.7 Å². The lowest BCUT2D eigenvalue weighted by molar-refractivity contribution is -0.0498. The first-order valence-corrected chi connectivity index (χ1v) is 6.01. The van der Waals surface area contributed by atoms with Gasteiger partial charge in [-0.15, -0.1) is 0 Å². The number of hydrogen-bond donors (Lipinski definition) is 2. The van der Waals surface area contributed by atoms with Gasteiger partial charge in [0.1, 0.15) is 5.75 Å². The Balaban J connectivity index is 2.56. The molecule has 18 heavy (non-hydrogen) atoms. The molecule has 3 nitrogen and oxygen atoms in total. The van der Waals surface area contributed by atoms with Gasteiger partial charge >= 0.3 is 6.61 Å². The molecule has 0 spiro atoms. The molecule has 1 atom stereocenters. The van der Waals surface area contributed by atoms with Crippen molar-refractivity contribution < 1.29 is 13.5 Å². The highest BCUT2D eigenvalue weighted by molar-refractivity contribution is 5.48. The minimum absolute atomic E-state index is 0.156. The van der Waals surface area contributed by atoms with Gasteiger partial charge in [0.2, 0.25) is 0 Å². The smallest absolute Gasteiger partial charge is 0.387 e. The normalized spacial score (nSPS) is 12.8. The lowest BCUT2D eigenvalue weighted by Gasteiger charge is -2.20. The number of rotatable bonds is 7. The van der Waals surface area contributed by atoms with E-state index in [4.69, 9.17) is 5.73 Å². The Morgan fingerprint density at radius 3 is 2.61 bits per heavy atom. The SMILES string of the molecule is CC(C)C(CN)CNc1cccc(OC(F)F)c1. The minimum Gasteiger partial charge on any atom is -0.435 e. The summed E-state index contributed by atoms with van der Waals surface area (Å²) in [5.41, 5.74) is 6.43. The molecule has 5 heteroatoms. The Hall–Kier alpha value is -1.36. The standard InChI is InChI=1S/C13H20F2N2O/c1-9(2)10(7-16)8-17-11-4-3-5-12(6-11)18-13(14)15/h3-6,9-10,13,17H,7-8,16H2,1-2H3. The second-order valence-electron chi connectivity index (χ2n) is 4.53. The molecular formula is C13H20F2N2O. The predicted octanol–water partition coefficient (Wildman–Crippen LogP) is 2.93. The highest BCUT2D eigenvalue weighted by Gasteiger charge is 2.11. The van der Waals surface area contributed by atoms with Crippen molar-refractivity contribution in [2.75, 3.05) is 18.4 Å². The van der Waals surface area contributed by atoms with E-state index in [0.717, 1.165) is 5.69 Å². The molecule has 0 fully saturated rings. The van der Waals surface area contributed by atoms with Crippen molar-refractivity contribution in [1.82, 2.24) is 0 Å². The van der Waals surface area contributed by atoms with Crippen molar-refractivity contribution in [3.63, 3.8) is 0 Å².